The molecule has 0 saturated carbocycles. The molecule has 136 valence electrons. The number of hydrazone groups is 1. The number of carbonyl (C=O) groups is 1. The summed E-state index contributed by atoms with van der Waals surface area (Å²) in [6.45, 7) is 2.34. The monoisotopic (exact) mass is 376 g/mol. The molecule has 0 unspecified atom stereocenters. The van der Waals surface area contributed by atoms with Crippen LogP contribution in [0.15, 0.2) is 41.5 Å². The highest BCUT2D eigenvalue weighted by Gasteiger charge is 2.17. The number of hydrogen-bond acceptors (Lipinski definition) is 6. The van der Waals surface area contributed by atoms with Crippen molar-refractivity contribution in [3.05, 3.63) is 47.0 Å². The Morgan fingerprint density at radius 1 is 1.27 bits per heavy atom. The second-order valence-corrected chi connectivity index (χ2v) is 5.65. The maximum atomic E-state index is 11.8. The van der Waals surface area contributed by atoms with Crippen molar-refractivity contribution in [2.75, 3.05) is 20.0 Å². The summed E-state index contributed by atoms with van der Waals surface area (Å²) in [5, 5.41) is 4.47. The standard InChI is InChI=1S/C18H17ClN2O5/c1-2-23-15-8-17-16(25-11-26-17)6-12(15)9-20-21-18(22)10-24-14-5-3-4-13(19)7-14/h3-9H,2,10-11H2,1H3,(H,21,22)/b20-9-. The van der Waals surface area contributed by atoms with Crippen LogP contribution in [0.3, 0.4) is 0 Å². The first kappa shape index (κ1) is 17.9. The fourth-order valence-electron chi connectivity index (χ4n) is 2.23. The highest BCUT2D eigenvalue weighted by molar-refractivity contribution is 6.30. The van der Waals surface area contributed by atoms with Gasteiger partial charge in [-0.1, -0.05) is 17.7 Å². The van der Waals surface area contributed by atoms with Crippen LogP contribution in [0.2, 0.25) is 5.02 Å². The van der Waals surface area contributed by atoms with Gasteiger partial charge in [0.05, 0.1) is 12.8 Å². The number of carbonyl (C=O) groups excluding carboxylic acids is 1. The predicted octanol–water partition coefficient (Wildman–Crippen LogP) is 3.00. The fraction of sp³-hybridized carbons (Fsp3) is 0.222. The van der Waals surface area contributed by atoms with Crippen molar-refractivity contribution in [2.24, 2.45) is 5.10 Å². The molecule has 7 nitrogen and oxygen atoms in total. The largest absolute Gasteiger partial charge is 0.493 e. The summed E-state index contributed by atoms with van der Waals surface area (Å²) < 4.78 is 21.6. The Balaban J connectivity index is 1.58. The zero-order valence-corrected chi connectivity index (χ0v) is 14.8. The molecule has 0 atom stereocenters. The zero-order chi connectivity index (χ0) is 18.4. The number of nitrogens with zero attached hydrogens (tertiary/aromatic N) is 1. The average molecular weight is 377 g/mol. The highest BCUT2D eigenvalue weighted by Crippen LogP contribution is 2.37. The predicted molar refractivity (Wildman–Crippen MR) is 96.4 cm³/mol. The summed E-state index contributed by atoms with van der Waals surface area (Å²) in [7, 11) is 0. The van der Waals surface area contributed by atoms with Crippen LogP contribution in [-0.4, -0.2) is 32.1 Å². The first-order valence-electron chi connectivity index (χ1n) is 7.92. The van der Waals surface area contributed by atoms with Crippen LogP contribution in [0, 0.1) is 0 Å². The summed E-state index contributed by atoms with van der Waals surface area (Å²) in [4.78, 5) is 11.8. The third kappa shape index (κ3) is 4.58. The van der Waals surface area contributed by atoms with Gasteiger partial charge in [0.15, 0.2) is 18.1 Å². The second-order valence-electron chi connectivity index (χ2n) is 5.22. The first-order chi connectivity index (χ1) is 12.7. The van der Waals surface area contributed by atoms with Crippen molar-refractivity contribution < 1.29 is 23.7 Å². The lowest BCUT2D eigenvalue weighted by Crippen LogP contribution is -2.24. The van der Waals surface area contributed by atoms with E-state index in [4.69, 9.17) is 30.5 Å². The van der Waals surface area contributed by atoms with Crippen LogP contribution in [0.1, 0.15) is 12.5 Å². The van der Waals surface area contributed by atoms with Gasteiger partial charge in [-0.25, -0.2) is 5.43 Å². The van der Waals surface area contributed by atoms with Gasteiger partial charge in [-0.3, -0.25) is 4.79 Å². The Labute approximate surface area is 155 Å². The summed E-state index contributed by atoms with van der Waals surface area (Å²) in [5.74, 6) is 1.91. The minimum atomic E-state index is -0.403. The van der Waals surface area contributed by atoms with Crippen molar-refractivity contribution in [1.29, 1.82) is 0 Å². The molecule has 1 heterocycles. The van der Waals surface area contributed by atoms with Gasteiger partial charge < -0.3 is 18.9 Å². The van der Waals surface area contributed by atoms with Gasteiger partial charge in [0.2, 0.25) is 6.79 Å². The topological polar surface area (TPSA) is 78.4 Å². The molecule has 2 aromatic rings. The van der Waals surface area contributed by atoms with Gasteiger partial charge in [-0.15, -0.1) is 0 Å². The minimum absolute atomic E-state index is 0.166. The van der Waals surface area contributed by atoms with Crippen molar-refractivity contribution >= 4 is 23.7 Å². The molecular weight excluding hydrogens is 360 g/mol. The molecule has 8 heteroatoms. The number of hydrogen-bond donors (Lipinski definition) is 1. The van der Waals surface area contributed by atoms with E-state index < -0.39 is 5.91 Å². The maximum absolute atomic E-state index is 11.8. The lowest BCUT2D eigenvalue weighted by atomic mass is 10.2. The molecule has 26 heavy (non-hydrogen) atoms. The second kappa shape index (κ2) is 8.44. The normalized spacial score (nSPS) is 12.2. The van der Waals surface area contributed by atoms with Crippen LogP contribution in [0.5, 0.6) is 23.0 Å². The average Bonchev–Trinajstić information content (AvgIpc) is 3.07. The molecule has 1 N–H and O–H groups in total. The Hall–Kier alpha value is -2.93. The third-order valence-corrected chi connectivity index (χ3v) is 3.60. The van der Waals surface area contributed by atoms with Crippen molar-refractivity contribution in [3.8, 4) is 23.0 Å². The lowest BCUT2D eigenvalue weighted by molar-refractivity contribution is -0.123. The lowest BCUT2D eigenvalue weighted by Gasteiger charge is -2.08. The molecule has 0 aromatic heterocycles. The van der Waals surface area contributed by atoms with Crippen LogP contribution in [0.25, 0.3) is 0 Å². The molecule has 0 aliphatic carbocycles. The zero-order valence-electron chi connectivity index (χ0n) is 14.0. The van der Waals surface area contributed by atoms with Crippen LogP contribution in [0.4, 0.5) is 0 Å². The molecule has 0 bridgehead atoms. The molecule has 1 aliphatic rings. The van der Waals surface area contributed by atoms with Crippen LogP contribution >= 0.6 is 11.6 Å². The number of rotatable bonds is 7. The Morgan fingerprint density at radius 3 is 2.85 bits per heavy atom. The summed E-state index contributed by atoms with van der Waals surface area (Å²) in [6, 6.07) is 10.3. The molecule has 1 aliphatic heterocycles. The number of amides is 1. The SMILES string of the molecule is CCOc1cc2c(cc1/C=N\NC(=O)COc1cccc(Cl)c1)OCO2. The molecular formula is C18H17ClN2O5. The van der Waals surface area contributed by atoms with Crippen LogP contribution in [-0.2, 0) is 4.79 Å². The number of fused-ring (bicyclic) bond motifs is 1. The summed E-state index contributed by atoms with van der Waals surface area (Å²) >= 11 is 5.86. The third-order valence-electron chi connectivity index (χ3n) is 3.36. The molecule has 2 aromatic carbocycles. The number of halogens is 1. The van der Waals surface area contributed by atoms with E-state index in [0.717, 1.165) is 0 Å². The molecule has 1 amide bonds. The van der Waals surface area contributed by atoms with E-state index in [9.17, 15) is 4.79 Å². The van der Waals surface area contributed by atoms with E-state index in [1.807, 2.05) is 6.92 Å². The van der Waals surface area contributed by atoms with E-state index >= 15 is 0 Å². The first-order valence-corrected chi connectivity index (χ1v) is 8.30. The fourth-order valence-corrected chi connectivity index (χ4v) is 2.41. The van der Waals surface area contributed by atoms with Gasteiger partial charge >= 0.3 is 0 Å². The van der Waals surface area contributed by atoms with Gasteiger partial charge in [0, 0.05) is 16.7 Å². The Kier molecular flexibility index (Phi) is 5.80. The molecule has 0 fully saturated rings. The van der Waals surface area contributed by atoms with Crippen molar-refractivity contribution in [3.63, 3.8) is 0 Å². The van der Waals surface area contributed by atoms with E-state index in [2.05, 4.69) is 10.5 Å². The molecule has 0 spiro atoms. The van der Waals surface area contributed by atoms with Gasteiger partial charge in [0.25, 0.3) is 5.91 Å². The smallest absolute Gasteiger partial charge is 0.277 e. The van der Waals surface area contributed by atoms with E-state index in [0.29, 0.717) is 40.2 Å². The number of benzene rings is 2. The number of ether oxygens (including phenoxy) is 4. The van der Waals surface area contributed by atoms with E-state index in [1.165, 1.54) is 6.21 Å². The minimum Gasteiger partial charge on any atom is -0.493 e. The van der Waals surface area contributed by atoms with Crippen molar-refractivity contribution in [2.45, 2.75) is 6.92 Å². The van der Waals surface area contributed by atoms with Crippen LogP contribution < -0.4 is 24.4 Å². The Morgan fingerprint density at radius 2 is 2.08 bits per heavy atom. The maximum Gasteiger partial charge on any atom is 0.277 e. The van der Waals surface area contributed by atoms with Gasteiger partial charge in [-0.05, 0) is 31.2 Å². The van der Waals surface area contributed by atoms with E-state index in [-0.39, 0.29) is 13.4 Å². The number of nitrogens with one attached hydrogen (secondary N) is 1. The van der Waals surface area contributed by atoms with Gasteiger partial charge in [-0.2, -0.15) is 5.10 Å². The summed E-state index contributed by atoms with van der Waals surface area (Å²) in [5.41, 5.74) is 3.06. The van der Waals surface area contributed by atoms with Crippen molar-refractivity contribution in [1.82, 2.24) is 5.43 Å². The molecule has 3 rings (SSSR count). The Bertz CT molecular complexity index is 825. The summed E-state index contributed by atoms with van der Waals surface area (Å²) in [6.07, 6.45) is 1.48. The molecule has 0 saturated heterocycles. The van der Waals surface area contributed by atoms with E-state index in [1.54, 1.807) is 36.4 Å². The molecule has 0 radical (unpaired) electrons. The quantitative estimate of drug-likeness (QED) is 0.593. The highest BCUT2D eigenvalue weighted by atomic mass is 35.5. The van der Waals surface area contributed by atoms with Gasteiger partial charge in [0.1, 0.15) is 11.5 Å².